The summed E-state index contributed by atoms with van der Waals surface area (Å²) in [5.74, 6) is 0.640. The van der Waals surface area contributed by atoms with Crippen molar-refractivity contribution >= 4 is 58.3 Å². The Labute approximate surface area is 238 Å². The van der Waals surface area contributed by atoms with Crippen molar-refractivity contribution in [3.8, 4) is 0 Å². The van der Waals surface area contributed by atoms with E-state index >= 15 is 0 Å². The van der Waals surface area contributed by atoms with E-state index in [4.69, 9.17) is 0 Å². The van der Waals surface area contributed by atoms with Crippen LogP contribution < -0.4 is 0 Å². The molecule has 0 amide bonds. The molecule has 0 aliphatic heterocycles. The Bertz CT molecular complexity index is 422. The summed E-state index contributed by atoms with van der Waals surface area (Å²) in [7, 11) is 0. The zero-order valence-corrected chi connectivity index (χ0v) is 27.4. The van der Waals surface area contributed by atoms with Crippen molar-refractivity contribution < 1.29 is 19.1 Å². The van der Waals surface area contributed by atoms with Gasteiger partial charge in [-0.25, -0.2) is 0 Å². The Morgan fingerprint density at radius 3 is 1.31 bits per heavy atom. The van der Waals surface area contributed by atoms with E-state index in [0.717, 1.165) is 0 Å². The number of unbranched alkanes of at least 4 members (excludes halogenated alkanes) is 10. The summed E-state index contributed by atoms with van der Waals surface area (Å²) >= 11 is 7.78. The second-order valence-corrected chi connectivity index (χ2v) is 13.4. The molecule has 2 radical (unpaired) electrons. The molecule has 0 aromatic carbocycles. The van der Waals surface area contributed by atoms with Crippen LogP contribution in [0.5, 0.6) is 0 Å². The van der Waals surface area contributed by atoms with Crippen molar-refractivity contribution in [3.63, 3.8) is 0 Å². The maximum atomic E-state index is 10.5. The van der Waals surface area contributed by atoms with Crippen LogP contribution in [-0.4, -0.2) is 57.8 Å². The van der Waals surface area contributed by atoms with Gasteiger partial charge in [-0.1, -0.05) is 25.3 Å². The Morgan fingerprint density at radius 1 is 0.657 bits per heavy atom. The minimum atomic E-state index is -0.218. The number of hydrogen-bond donors (Lipinski definition) is 2. The van der Waals surface area contributed by atoms with E-state index in [0.29, 0.717) is 37.6 Å². The van der Waals surface area contributed by atoms with E-state index in [-0.39, 0.29) is 33.1 Å². The molecule has 0 heterocycles. The van der Waals surface area contributed by atoms with Crippen molar-refractivity contribution in [2.45, 2.75) is 113 Å². The molecule has 0 saturated heterocycles. The first-order valence-electron chi connectivity index (χ1n) is 13.5. The molecule has 0 atom stereocenters. The van der Waals surface area contributed by atoms with E-state index in [1.807, 2.05) is 0 Å². The molecular weight excluding hydrogens is 583 g/mol. The Balaban J connectivity index is -0.000000481. The zero-order chi connectivity index (χ0) is 26.8. The molecule has 7 heteroatoms. The Hall–Kier alpha value is -0.0813. The Kier molecular flexibility index (Phi) is 43.3. The van der Waals surface area contributed by atoms with Gasteiger partial charge < -0.3 is 9.47 Å². The van der Waals surface area contributed by atoms with Gasteiger partial charge in [0.25, 0.3) is 0 Å². The van der Waals surface area contributed by atoms with Crippen molar-refractivity contribution in [2.24, 2.45) is 0 Å². The molecule has 0 unspecified atom stereocenters. The molecule has 35 heavy (non-hydrogen) atoms. The molecule has 0 saturated carbocycles. The predicted octanol–water partition coefficient (Wildman–Crippen LogP) is 8.32. The van der Waals surface area contributed by atoms with Crippen LogP contribution in [0.1, 0.15) is 104 Å². The van der Waals surface area contributed by atoms with Gasteiger partial charge in [0.2, 0.25) is 0 Å². The summed E-state index contributed by atoms with van der Waals surface area (Å²) in [4.78, 5) is 21.0. The van der Waals surface area contributed by atoms with Gasteiger partial charge in [0.1, 0.15) is 13.2 Å². The van der Waals surface area contributed by atoms with E-state index in [2.05, 4.69) is 61.7 Å². The summed E-state index contributed by atoms with van der Waals surface area (Å²) in [6.45, 7) is 12.0. The van der Waals surface area contributed by atoms with Crippen molar-refractivity contribution in [1.82, 2.24) is 0 Å². The normalized spacial score (nSPS) is 9.71. The molecule has 0 aliphatic rings. The monoisotopic (exact) mass is 638 g/mol. The van der Waals surface area contributed by atoms with Crippen molar-refractivity contribution in [3.05, 3.63) is 25.3 Å². The van der Waals surface area contributed by atoms with Crippen molar-refractivity contribution in [1.29, 1.82) is 0 Å². The fraction of sp³-hybridized carbons (Fsp3) is 0.786. The number of thiol groups is 2. The third-order valence-corrected chi connectivity index (χ3v) is 9.25. The standard InChI is InChI=1S/2C8H17.2C6H10O2S.Sn/c2*1-3-5-7-8-6-4-2;2*1-2-4-8-6(7)3-5-9;/h2*1,3-8H2,2H3;2*2,9H,1,3-5H2;. The first-order chi connectivity index (χ1) is 17.0. The van der Waals surface area contributed by atoms with Crippen LogP contribution in [0.4, 0.5) is 0 Å². The van der Waals surface area contributed by atoms with E-state index in [1.54, 1.807) is 21.7 Å². The minimum absolute atomic E-state index is 0.0736. The average Bonchev–Trinajstić information content (AvgIpc) is 2.85. The van der Waals surface area contributed by atoms with Gasteiger partial charge in [-0.15, -0.1) is 0 Å². The van der Waals surface area contributed by atoms with Crippen LogP contribution >= 0.6 is 25.3 Å². The number of carbonyl (C=O) groups is 2. The van der Waals surface area contributed by atoms with Gasteiger partial charge in [-0.3, -0.25) is 9.59 Å². The number of rotatable bonds is 22. The quantitative estimate of drug-likeness (QED) is 0.0412. The molecule has 206 valence electrons. The zero-order valence-electron chi connectivity index (χ0n) is 22.7. The molecule has 0 aromatic rings. The number of esters is 2. The number of ether oxygens (including phenoxy) is 2. The first kappa shape index (κ1) is 39.4. The van der Waals surface area contributed by atoms with Gasteiger partial charge in [0.15, 0.2) is 0 Å². The summed E-state index contributed by atoms with van der Waals surface area (Å²) in [6.07, 6.45) is 21.7. The van der Waals surface area contributed by atoms with E-state index in [9.17, 15) is 9.59 Å². The van der Waals surface area contributed by atoms with Crippen LogP contribution in [0, 0.1) is 0 Å². The van der Waals surface area contributed by atoms with Gasteiger partial charge in [-0.2, -0.15) is 25.3 Å². The van der Waals surface area contributed by atoms with Crippen LogP contribution in [0.3, 0.4) is 0 Å². The summed E-state index contributed by atoms with van der Waals surface area (Å²) in [5, 5.41) is 0. The fourth-order valence-electron chi connectivity index (χ4n) is 2.82. The van der Waals surface area contributed by atoms with E-state index < -0.39 is 0 Å². The molecule has 0 rings (SSSR count). The molecule has 0 fully saturated rings. The summed E-state index contributed by atoms with van der Waals surface area (Å²) in [5.41, 5.74) is 0. The molecule has 0 spiro atoms. The SMILES string of the molecule is C=CCOC(=O)CCS.C=CCOC(=O)CCS.CCCCCCC[CH2][Sn][CH2]CCCCCCC. The number of carbonyl (C=O) groups excluding carboxylic acids is 2. The topological polar surface area (TPSA) is 52.6 Å². The van der Waals surface area contributed by atoms with Crippen LogP contribution in [-0.2, 0) is 19.1 Å². The first-order valence-corrected chi connectivity index (χ1v) is 18.8. The Morgan fingerprint density at radius 2 is 1.00 bits per heavy atom. The van der Waals surface area contributed by atoms with Gasteiger partial charge >= 0.3 is 133 Å². The molecule has 0 aliphatic carbocycles. The fourth-order valence-corrected chi connectivity index (χ4v) is 6.75. The predicted molar refractivity (Wildman–Crippen MR) is 161 cm³/mol. The van der Waals surface area contributed by atoms with Crippen LogP contribution in [0.15, 0.2) is 25.3 Å². The molecular formula is C28H54O4S2Sn. The summed E-state index contributed by atoms with van der Waals surface area (Å²) < 4.78 is 12.6. The third kappa shape index (κ3) is 44.3. The van der Waals surface area contributed by atoms with Gasteiger partial charge in [0.05, 0.1) is 12.8 Å². The van der Waals surface area contributed by atoms with Crippen LogP contribution in [0.25, 0.3) is 0 Å². The van der Waals surface area contributed by atoms with Gasteiger partial charge in [-0.05, 0) is 0 Å². The number of hydrogen-bond acceptors (Lipinski definition) is 6. The second-order valence-electron chi connectivity index (χ2n) is 8.18. The average molecular weight is 638 g/mol. The third-order valence-electron chi connectivity index (χ3n) is 4.77. The summed E-state index contributed by atoms with van der Waals surface area (Å²) in [6, 6.07) is 0. The van der Waals surface area contributed by atoms with Crippen molar-refractivity contribution in [2.75, 3.05) is 24.7 Å². The van der Waals surface area contributed by atoms with Crippen LogP contribution in [0.2, 0.25) is 8.87 Å². The van der Waals surface area contributed by atoms with E-state index in [1.165, 1.54) is 76.4 Å². The molecule has 4 nitrogen and oxygen atoms in total. The second kappa shape index (κ2) is 38.4. The molecule has 0 N–H and O–H groups in total. The molecule has 0 aromatic heterocycles. The van der Waals surface area contributed by atoms with Gasteiger partial charge in [0, 0.05) is 11.5 Å². The maximum absolute atomic E-state index is 10.5. The molecule has 0 bridgehead atoms.